The molecule has 0 amide bonds. The number of hydrogen-bond donors (Lipinski definition) is 0. The Balaban J connectivity index is 1.47. The van der Waals surface area contributed by atoms with Gasteiger partial charge in [0.25, 0.3) is 5.71 Å². The fourth-order valence-electron chi connectivity index (χ4n) is 4.20. The summed E-state index contributed by atoms with van der Waals surface area (Å²) in [6, 6.07) is 12.9. The van der Waals surface area contributed by atoms with Crippen LogP contribution in [0, 0.1) is 19.7 Å². The highest BCUT2D eigenvalue weighted by molar-refractivity contribution is 5.97. The molecule has 0 unspecified atom stereocenters. The van der Waals surface area contributed by atoms with Gasteiger partial charge >= 0.3 is 0 Å². The normalized spacial score (nSPS) is 15.0. The van der Waals surface area contributed by atoms with Gasteiger partial charge in [0.1, 0.15) is 29.0 Å². The molecule has 0 saturated carbocycles. The van der Waals surface area contributed by atoms with E-state index in [-0.39, 0.29) is 5.82 Å². The summed E-state index contributed by atoms with van der Waals surface area (Å²) in [6.07, 6.45) is 2.55. The molecule has 1 saturated heterocycles. The second-order valence-corrected chi connectivity index (χ2v) is 8.16. The van der Waals surface area contributed by atoms with Gasteiger partial charge in [0.15, 0.2) is 0 Å². The number of benzene rings is 2. The van der Waals surface area contributed by atoms with Crippen LogP contribution in [-0.4, -0.2) is 39.8 Å². The molecule has 158 valence electrons. The molecule has 31 heavy (non-hydrogen) atoms. The number of aromatic nitrogens is 3. The van der Waals surface area contributed by atoms with E-state index in [1.54, 1.807) is 12.1 Å². The Kier molecular flexibility index (Phi) is 5.11. The van der Waals surface area contributed by atoms with E-state index in [1.807, 2.05) is 0 Å². The molecule has 1 aliphatic rings. The average Bonchev–Trinajstić information content (AvgIpc) is 3.21. The number of nitrogens with zero attached hydrogens (tertiary/aromatic N) is 5. The highest BCUT2D eigenvalue weighted by Crippen LogP contribution is 2.34. The maximum atomic E-state index is 13.4. The van der Waals surface area contributed by atoms with Gasteiger partial charge in [-0.2, -0.15) is 4.98 Å². The fraction of sp³-hybridized carbons (Fsp3) is 0.292. The third-order valence-electron chi connectivity index (χ3n) is 5.84. The molecular weight excluding hydrogens is 393 g/mol. The Morgan fingerprint density at radius 3 is 2.71 bits per heavy atom. The molecule has 0 spiro atoms. The van der Waals surface area contributed by atoms with Gasteiger partial charge in [-0.3, -0.25) is 4.90 Å². The average molecular weight is 417 g/mol. The van der Waals surface area contributed by atoms with Crippen LogP contribution >= 0.6 is 0 Å². The molecule has 4 aromatic rings. The molecular formula is C24H24FN5O. The predicted molar refractivity (Wildman–Crippen MR) is 118 cm³/mol. The van der Waals surface area contributed by atoms with Crippen molar-refractivity contribution in [3.8, 4) is 11.3 Å². The summed E-state index contributed by atoms with van der Waals surface area (Å²) >= 11 is 0. The van der Waals surface area contributed by atoms with E-state index < -0.39 is 0 Å². The molecule has 5 rings (SSSR count). The van der Waals surface area contributed by atoms with E-state index in [1.165, 1.54) is 35.2 Å². The van der Waals surface area contributed by atoms with E-state index in [0.717, 1.165) is 49.5 Å². The summed E-state index contributed by atoms with van der Waals surface area (Å²) in [5.74, 6) is 0.516. The second-order valence-electron chi connectivity index (χ2n) is 8.16. The number of rotatable bonds is 4. The molecule has 1 fully saturated rings. The Morgan fingerprint density at radius 2 is 1.87 bits per heavy atom. The Labute approximate surface area is 180 Å². The van der Waals surface area contributed by atoms with Crippen LogP contribution in [0.1, 0.15) is 23.1 Å². The predicted octanol–water partition coefficient (Wildman–Crippen LogP) is 4.71. The SMILES string of the molecule is Cc1ccc(C)c(CN2CCCN(c3ncnc4onc(-c5ccc(F)cc5)c34)C2)c1. The molecule has 7 heteroatoms. The van der Waals surface area contributed by atoms with Gasteiger partial charge in [-0.05, 0) is 55.7 Å². The molecule has 0 aliphatic carbocycles. The van der Waals surface area contributed by atoms with Crippen molar-refractivity contribution in [3.05, 3.63) is 71.3 Å². The largest absolute Gasteiger partial charge is 0.343 e. The zero-order valence-corrected chi connectivity index (χ0v) is 17.7. The van der Waals surface area contributed by atoms with E-state index >= 15 is 0 Å². The van der Waals surface area contributed by atoms with Crippen LogP contribution < -0.4 is 4.90 Å². The van der Waals surface area contributed by atoms with E-state index in [9.17, 15) is 4.39 Å². The number of anilines is 1. The lowest BCUT2D eigenvalue weighted by Crippen LogP contribution is -2.45. The Morgan fingerprint density at radius 1 is 1.03 bits per heavy atom. The van der Waals surface area contributed by atoms with E-state index in [0.29, 0.717) is 11.4 Å². The first-order valence-corrected chi connectivity index (χ1v) is 10.5. The van der Waals surface area contributed by atoms with Crippen LogP contribution in [0.5, 0.6) is 0 Å². The third-order valence-corrected chi connectivity index (χ3v) is 5.84. The molecule has 3 heterocycles. The van der Waals surface area contributed by atoms with Gasteiger partial charge < -0.3 is 9.42 Å². The first-order valence-electron chi connectivity index (χ1n) is 10.5. The van der Waals surface area contributed by atoms with Crippen molar-refractivity contribution in [2.45, 2.75) is 26.8 Å². The van der Waals surface area contributed by atoms with E-state index in [2.05, 4.69) is 57.0 Å². The summed E-state index contributed by atoms with van der Waals surface area (Å²) < 4.78 is 18.9. The van der Waals surface area contributed by atoms with E-state index in [4.69, 9.17) is 4.52 Å². The number of hydrogen-bond acceptors (Lipinski definition) is 6. The first-order chi connectivity index (χ1) is 15.1. The monoisotopic (exact) mass is 417 g/mol. The Hall–Kier alpha value is -3.32. The van der Waals surface area contributed by atoms with Gasteiger partial charge in [0, 0.05) is 25.2 Å². The second kappa shape index (κ2) is 8.07. The number of halogens is 1. The van der Waals surface area contributed by atoms with Crippen LogP contribution in [-0.2, 0) is 6.54 Å². The van der Waals surface area contributed by atoms with Crippen molar-refractivity contribution in [1.29, 1.82) is 0 Å². The molecule has 0 bridgehead atoms. The minimum Gasteiger partial charge on any atom is -0.343 e. The third kappa shape index (κ3) is 3.88. The topological polar surface area (TPSA) is 58.3 Å². The summed E-state index contributed by atoms with van der Waals surface area (Å²) in [5.41, 5.74) is 5.80. The van der Waals surface area contributed by atoms with Crippen LogP contribution in [0.25, 0.3) is 22.4 Å². The molecule has 0 N–H and O–H groups in total. The van der Waals surface area contributed by atoms with Crippen LogP contribution in [0.4, 0.5) is 10.2 Å². The summed E-state index contributed by atoms with van der Waals surface area (Å²) in [5, 5.41) is 4.98. The highest BCUT2D eigenvalue weighted by atomic mass is 19.1. The van der Waals surface area contributed by atoms with Crippen molar-refractivity contribution in [2.24, 2.45) is 0 Å². The van der Waals surface area contributed by atoms with Gasteiger partial charge in [-0.15, -0.1) is 0 Å². The van der Waals surface area contributed by atoms with Crippen LogP contribution in [0.2, 0.25) is 0 Å². The van der Waals surface area contributed by atoms with Crippen molar-refractivity contribution in [2.75, 3.05) is 24.7 Å². The Bertz CT molecular complexity index is 1220. The smallest absolute Gasteiger partial charge is 0.263 e. The summed E-state index contributed by atoms with van der Waals surface area (Å²) in [7, 11) is 0. The quantitative estimate of drug-likeness (QED) is 0.479. The van der Waals surface area contributed by atoms with Crippen molar-refractivity contribution < 1.29 is 8.91 Å². The molecule has 0 radical (unpaired) electrons. The molecule has 2 aromatic carbocycles. The lowest BCUT2D eigenvalue weighted by atomic mass is 10.0. The lowest BCUT2D eigenvalue weighted by molar-refractivity contribution is 0.232. The number of fused-ring (bicyclic) bond motifs is 1. The van der Waals surface area contributed by atoms with Gasteiger partial charge in [0.05, 0.1) is 6.67 Å². The number of aryl methyl sites for hydroxylation is 2. The minimum atomic E-state index is -0.286. The van der Waals surface area contributed by atoms with Crippen molar-refractivity contribution in [3.63, 3.8) is 0 Å². The zero-order chi connectivity index (χ0) is 21.4. The van der Waals surface area contributed by atoms with Gasteiger partial charge in [-0.1, -0.05) is 28.9 Å². The molecule has 6 nitrogen and oxygen atoms in total. The standard InChI is InChI=1S/C24H24FN5O/c1-16-4-5-17(2)19(12-16)13-29-10-3-11-30(15-29)23-21-22(18-6-8-20(25)9-7-18)28-31-24(21)27-14-26-23/h4-9,12,14H,3,10-11,13,15H2,1-2H3. The van der Waals surface area contributed by atoms with Crippen LogP contribution in [0.15, 0.2) is 53.3 Å². The van der Waals surface area contributed by atoms with Crippen LogP contribution in [0.3, 0.4) is 0 Å². The first kappa shape index (κ1) is 19.6. The maximum Gasteiger partial charge on any atom is 0.263 e. The molecule has 1 aliphatic heterocycles. The summed E-state index contributed by atoms with van der Waals surface area (Å²) in [6.45, 7) is 7.87. The zero-order valence-electron chi connectivity index (χ0n) is 17.7. The minimum absolute atomic E-state index is 0.286. The van der Waals surface area contributed by atoms with Crippen molar-refractivity contribution in [1.82, 2.24) is 20.0 Å². The summed E-state index contributed by atoms with van der Waals surface area (Å²) in [4.78, 5) is 13.5. The fourth-order valence-corrected chi connectivity index (χ4v) is 4.20. The van der Waals surface area contributed by atoms with Gasteiger partial charge in [0.2, 0.25) is 0 Å². The maximum absolute atomic E-state index is 13.4. The molecule has 0 atom stereocenters. The lowest BCUT2D eigenvalue weighted by Gasteiger charge is -2.36. The highest BCUT2D eigenvalue weighted by Gasteiger charge is 2.25. The van der Waals surface area contributed by atoms with Crippen molar-refractivity contribution >= 4 is 16.9 Å². The van der Waals surface area contributed by atoms with Gasteiger partial charge in [-0.25, -0.2) is 9.37 Å². The molecule has 2 aromatic heterocycles.